The van der Waals surface area contributed by atoms with E-state index in [-0.39, 0.29) is 0 Å². The number of aliphatic hydroxyl groups is 8. The van der Waals surface area contributed by atoms with Gasteiger partial charge in [-0.05, 0) is 0 Å². The van der Waals surface area contributed by atoms with Gasteiger partial charge in [-0.25, -0.2) is 0 Å². The van der Waals surface area contributed by atoms with Gasteiger partial charge in [0.05, 0.1) is 19.8 Å². The third-order valence-corrected chi connectivity index (χ3v) is 4.01. The molecule has 1 heterocycles. The van der Waals surface area contributed by atoms with Crippen LogP contribution in [0.3, 0.4) is 0 Å². The second kappa shape index (κ2) is 10.4. The van der Waals surface area contributed by atoms with Gasteiger partial charge in [-0.2, -0.15) is 0 Å². The summed E-state index contributed by atoms with van der Waals surface area (Å²) >= 11 is 0. The molecule has 0 bridgehead atoms. The fourth-order valence-corrected chi connectivity index (χ4v) is 2.47. The molecule has 1 saturated heterocycles. The molecule has 12 nitrogen and oxygen atoms in total. The predicted octanol–water partition coefficient (Wildman–Crippen LogP) is -5.62. The van der Waals surface area contributed by atoms with Gasteiger partial charge in [0, 0.05) is 6.92 Å². The summed E-state index contributed by atoms with van der Waals surface area (Å²) in [5, 5.41) is 78.5. The van der Waals surface area contributed by atoms with Gasteiger partial charge in [0.15, 0.2) is 6.29 Å². The van der Waals surface area contributed by atoms with Crippen LogP contribution in [0.4, 0.5) is 0 Å². The van der Waals surface area contributed by atoms with Crippen molar-refractivity contribution in [2.24, 2.45) is 0 Å². The van der Waals surface area contributed by atoms with E-state index < -0.39 is 80.8 Å². The Balaban J connectivity index is 2.75. The maximum atomic E-state index is 11.3. The molecule has 154 valence electrons. The van der Waals surface area contributed by atoms with Gasteiger partial charge in [0.1, 0.15) is 48.8 Å². The van der Waals surface area contributed by atoms with E-state index in [1.807, 2.05) is 0 Å². The Bertz CT molecular complexity index is 439. The first kappa shape index (κ1) is 23.1. The van der Waals surface area contributed by atoms with Gasteiger partial charge in [-0.1, -0.05) is 0 Å². The second-order valence-corrected chi connectivity index (χ2v) is 6.06. The minimum Gasteiger partial charge on any atom is -0.394 e. The number of amides is 1. The molecule has 0 aliphatic carbocycles. The number of carbonyl (C=O) groups is 1. The van der Waals surface area contributed by atoms with Crippen molar-refractivity contribution in [2.45, 2.75) is 62.0 Å². The lowest BCUT2D eigenvalue weighted by Crippen LogP contribution is -2.65. The van der Waals surface area contributed by atoms with E-state index in [4.69, 9.17) is 14.6 Å². The van der Waals surface area contributed by atoms with Gasteiger partial charge in [-0.3, -0.25) is 4.79 Å². The quantitative estimate of drug-likeness (QED) is 0.183. The van der Waals surface area contributed by atoms with Gasteiger partial charge in [0.25, 0.3) is 0 Å². The highest BCUT2D eigenvalue weighted by Crippen LogP contribution is 2.22. The molecule has 1 fully saturated rings. The van der Waals surface area contributed by atoms with E-state index >= 15 is 0 Å². The molecule has 1 amide bonds. The predicted molar refractivity (Wildman–Crippen MR) is 82.4 cm³/mol. The third kappa shape index (κ3) is 5.79. The molecule has 0 saturated carbocycles. The molecule has 26 heavy (non-hydrogen) atoms. The van der Waals surface area contributed by atoms with Crippen molar-refractivity contribution >= 4 is 5.91 Å². The van der Waals surface area contributed by atoms with Crippen LogP contribution in [0.25, 0.3) is 0 Å². The Kier molecular flexibility index (Phi) is 9.26. The van der Waals surface area contributed by atoms with E-state index in [0.717, 1.165) is 6.92 Å². The molecule has 1 aliphatic rings. The summed E-state index contributed by atoms with van der Waals surface area (Å²) in [5.41, 5.74) is 0. The van der Waals surface area contributed by atoms with Crippen LogP contribution >= 0.6 is 0 Å². The van der Waals surface area contributed by atoms with Crippen LogP contribution < -0.4 is 5.32 Å². The van der Waals surface area contributed by atoms with Crippen molar-refractivity contribution in [3.8, 4) is 0 Å². The monoisotopic (exact) mass is 385 g/mol. The molecule has 0 aromatic heterocycles. The smallest absolute Gasteiger partial charge is 0.217 e. The third-order valence-electron chi connectivity index (χ3n) is 4.01. The van der Waals surface area contributed by atoms with Gasteiger partial charge in [0.2, 0.25) is 5.91 Å². The Morgan fingerprint density at radius 2 is 1.65 bits per heavy atom. The van der Waals surface area contributed by atoms with Crippen LogP contribution in [0.15, 0.2) is 0 Å². The molecule has 0 radical (unpaired) electrons. The summed E-state index contributed by atoms with van der Waals surface area (Å²) in [6, 6.07) is -1.23. The number of rotatable bonds is 9. The zero-order chi connectivity index (χ0) is 20.0. The van der Waals surface area contributed by atoms with Gasteiger partial charge < -0.3 is 55.6 Å². The summed E-state index contributed by atoms with van der Waals surface area (Å²) in [6.07, 6.45) is -12.8. The van der Waals surface area contributed by atoms with E-state index in [1.165, 1.54) is 0 Å². The minimum absolute atomic E-state index is 0.567. The average molecular weight is 385 g/mol. The summed E-state index contributed by atoms with van der Waals surface area (Å²) in [5.74, 6) is -0.567. The van der Waals surface area contributed by atoms with Crippen LogP contribution in [0, 0.1) is 0 Å². The maximum Gasteiger partial charge on any atom is 0.217 e. The molecule has 0 aromatic rings. The molecule has 1 unspecified atom stereocenters. The van der Waals surface area contributed by atoms with Crippen molar-refractivity contribution in [3.05, 3.63) is 0 Å². The number of hydrogen-bond donors (Lipinski definition) is 9. The van der Waals surface area contributed by atoms with E-state index in [1.54, 1.807) is 0 Å². The van der Waals surface area contributed by atoms with E-state index in [2.05, 4.69) is 5.32 Å². The summed E-state index contributed by atoms with van der Waals surface area (Å²) < 4.78 is 10.5. The fourth-order valence-electron chi connectivity index (χ4n) is 2.47. The summed E-state index contributed by atoms with van der Waals surface area (Å²) in [4.78, 5) is 11.3. The number of carbonyl (C=O) groups excluding carboxylic acids is 1. The SMILES string of the molecule is CC(=O)N[C@H]1C(OC[C@H](O)[C@@H](O)[C@@H](O)[C@H](O)CO)O[C@H](CO)[C@@H](O)[C@@H]1O. The maximum absolute atomic E-state index is 11.3. The highest BCUT2D eigenvalue weighted by Gasteiger charge is 2.45. The molecule has 0 aromatic carbocycles. The van der Waals surface area contributed by atoms with Gasteiger partial charge in [-0.15, -0.1) is 0 Å². The first-order valence-corrected chi connectivity index (χ1v) is 7.98. The lowest BCUT2D eigenvalue weighted by molar-refractivity contribution is -0.277. The molecule has 0 spiro atoms. The second-order valence-electron chi connectivity index (χ2n) is 6.06. The normalized spacial score (nSPS) is 34.0. The Morgan fingerprint density at radius 1 is 1.08 bits per heavy atom. The zero-order valence-electron chi connectivity index (χ0n) is 14.1. The Labute approximate surface area is 149 Å². The van der Waals surface area contributed by atoms with Crippen LogP contribution in [0.2, 0.25) is 0 Å². The molecular formula is C14H27NO11. The Morgan fingerprint density at radius 3 is 2.15 bits per heavy atom. The molecule has 9 atom stereocenters. The molecule has 1 rings (SSSR count). The zero-order valence-corrected chi connectivity index (χ0v) is 14.1. The molecular weight excluding hydrogens is 358 g/mol. The fraction of sp³-hybridized carbons (Fsp3) is 0.929. The molecule has 12 heteroatoms. The topological polar surface area (TPSA) is 209 Å². The summed E-state index contributed by atoms with van der Waals surface area (Å²) in [7, 11) is 0. The number of aliphatic hydroxyl groups excluding tert-OH is 8. The van der Waals surface area contributed by atoms with Crippen molar-refractivity contribution in [2.75, 3.05) is 19.8 Å². The lowest BCUT2D eigenvalue weighted by Gasteiger charge is -2.42. The van der Waals surface area contributed by atoms with Crippen molar-refractivity contribution in [3.63, 3.8) is 0 Å². The van der Waals surface area contributed by atoms with Crippen LogP contribution in [-0.4, -0.2) is 122 Å². The highest BCUT2D eigenvalue weighted by atomic mass is 16.7. The number of hydrogen-bond acceptors (Lipinski definition) is 11. The standard InChI is InChI=1S/C14H27NO11/c1-5(18)15-9-13(24)12(23)8(3-17)26-14(9)25-4-7(20)11(22)10(21)6(19)2-16/h6-14,16-17,19-24H,2-4H2,1H3,(H,15,18)/t6-,7+,8-,9-,10+,11-,12-,13-,14?/m1/s1. The molecule has 1 aliphatic heterocycles. The van der Waals surface area contributed by atoms with E-state index in [9.17, 15) is 40.5 Å². The summed E-state index contributed by atoms with van der Waals surface area (Å²) in [6.45, 7) is -1.00. The first-order valence-electron chi connectivity index (χ1n) is 7.98. The van der Waals surface area contributed by atoms with Gasteiger partial charge >= 0.3 is 0 Å². The van der Waals surface area contributed by atoms with E-state index in [0.29, 0.717) is 0 Å². The highest BCUT2D eigenvalue weighted by molar-refractivity contribution is 5.73. The minimum atomic E-state index is -1.87. The number of nitrogens with one attached hydrogen (secondary N) is 1. The molecule has 9 N–H and O–H groups in total. The lowest BCUT2D eigenvalue weighted by atomic mass is 9.97. The van der Waals surface area contributed by atoms with Crippen molar-refractivity contribution in [1.82, 2.24) is 5.32 Å². The Hall–Kier alpha value is -0.930. The van der Waals surface area contributed by atoms with Crippen molar-refractivity contribution < 1.29 is 55.1 Å². The van der Waals surface area contributed by atoms with Crippen LogP contribution in [-0.2, 0) is 14.3 Å². The van der Waals surface area contributed by atoms with Crippen LogP contribution in [0.5, 0.6) is 0 Å². The average Bonchev–Trinajstić information content (AvgIpc) is 2.62. The van der Waals surface area contributed by atoms with Crippen LogP contribution in [0.1, 0.15) is 6.92 Å². The first-order chi connectivity index (χ1) is 12.1. The largest absolute Gasteiger partial charge is 0.394 e. The van der Waals surface area contributed by atoms with Crippen molar-refractivity contribution in [1.29, 1.82) is 0 Å². The number of ether oxygens (including phenoxy) is 2.